The van der Waals surface area contributed by atoms with E-state index in [2.05, 4.69) is 28.2 Å². The van der Waals surface area contributed by atoms with Crippen LogP contribution in [0.1, 0.15) is 11.3 Å². The lowest BCUT2D eigenvalue weighted by atomic mass is 10.0. The smallest absolute Gasteiger partial charge is 0.0417 e. The van der Waals surface area contributed by atoms with Crippen molar-refractivity contribution in [3.05, 3.63) is 29.6 Å². The van der Waals surface area contributed by atoms with Crippen LogP contribution in [0.2, 0.25) is 0 Å². The molecule has 0 radical (unpaired) electrons. The van der Waals surface area contributed by atoms with E-state index in [1.165, 1.54) is 37.4 Å². The van der Waals surface area contributed by atoms with E-state index in [1.807, 2.05) is 12.3 Å². The van der Waals surface area contributed by atoms with Gasteiger partial charge >= 0.3 is 0 Å². The summed E-state index contributed by atoms with van der Waals surface area (Å²) in [6, 6.07) is 4.25. The molecule has 0 unspecified atom stereocenters. The fourth-order valence-corrected chi connectivity index (χ4v) is 3.01. The topological polar surface area (TPSA) is 28.2 Å². The van der Waals surface area contributed by atoms with E-state index in [4.69, 9.17) is 0 Å². The quantitative estimate of drug-likeness (QED) is 0.865. The molecule has 17 heavy (non-hydrogen) atoms. The van der Waals surface area contributed by atoms with Crippen molar-refractivity contribution in [2.45, 2.75) is 13.5 Å². The first-order valence-electron chi connectivity index (χ1n) is 6.16. The minimum Gasteiger partial charge on any atom is -0.316 e. The Hall–Kier alpha value is -0.640. The second-order valence-corrected chi connectivity index (χ2v) is 5.12. The largest absolute Gasteiger partial charge is 0.316 e. The molecule has 0 saturated carbocycles. The zero-order valence-corrected chi connectivity index (χ0v) is 11.0. The minimum atomic E-state index is 0. The predicted octanol–water partition coefficient (Wildman–Crippen LogP) is 1.46. The van der Waals surface area contributed by atoms with Gasteiger partial charge in [0.25, 0.3) is 0 Å². The lowest BCUT2D eigenvalue weighted by Gasteiger charge is -2.17. The summed E-state index contributed by atoms with van der Waals surface area (Å²) < 4.78 is 0. The van der Waals surface area contributed by atoms with Crippen molar-refractivity contribution in [2.75, 3.05) is 26.2 Å². The number of aromatic nitrogens is 1. The van der Waals surface area contributed by atoms with Gasteiger partial charge in [-0.15, -0.1) is 12.4 Å². The fourth-order valence-electron chi connectivity index (χ4n) is 3.01. The van der Waals surface area contributed by atoms with Gasteiger partial charge in [0, 0.05) is 31.5 Å². The highest BCUT2D eigenvalue weighted by Crippen LogP contribution is 2.27. The molecule has 94 valence electrons. The van der Waals surface area contributed by atoms with Gasteiger partial charge in [-0.1, -0.05) is 6.07 Å². The summed E-state index contributed by atoms with van der Waals surface area (Å²) in [5.74, 6) is 1.77. The maximum Gasteiger partial charge on any atom is 0.0417 e. The van der Waals surface area contributed by atoms with Gasteiger partial charge in [-0.3, -0.25) is 9.88 Å². The second kappa shape index (κ2) is 5.34. The molecule has 1 aromatic rings. The fraction of sp³-hybridized carbons (Fsp3) is 0.615. The van der Waals surface area contributed by atoms with Gasteiger partial charge in [0.1, 0.15) is 0 Å². The van der Waals surface area contributed by atoms with Gasteiger partial charge in [0.05, 0.1) is 0 Å². The normalized spacial score (nSPS) is 27.8. The molecular formula is C13H20ClN3. The first-order valence-corrected chi connectivity index (χ1v) is 6.16. The molecule has 0 bridgehead atoms. The molecule has 0 aromatic carbocycles. The molecule has 2 aliphatic rings. The van der Waals surface area contributed by atoms with Crippen LogP contribution in [-0.4, -0.2) is 36.1 Å². The van der Waals surface area contributed by atoms with Crippen molar-refractivity contribution in [2.24, 2.45) is 11.8 Å². The Balaban J connectivity index is 0.00000108. The molecule has 0 amide bonds. The average molecular weight is 254 g/mol. The number of halogens is 1. The van der Waals surface area contributed by atoms with E-state index < -0.39 is 0 Å². The average Bonchev–Trinajstić information content (AvgIpc) is 2.81. The lowest BCUT2D eigenvalue weighted by molar-refractivity contribution is 0.304. The van der Waals surface area contributed by atoms with E-state index in [9.17, 15) is 0 Å². The first kappa shape index (κ1) is 12.8. The summed E-state index contributed by atoms with van der Waals surface area (Å²) in [6.07, 6.45) is 1.88. The molecule has 4 heteroatoms. The number of nitrogens with zero attached hydrogens (tertiary/aromatic N) is 2. The highest BCUT2D eigenvalue weighted by Gasteiger charge is 2.35. The maximum atomic E-state index is 4.35. The van der Waals surface area contributed by atoms with E-state index in [0.29, 0.717) is 0 Å². The van der Waals surface area contributed by atoms with Gasteiger partial charge in [-0.05, 0) is 43.5 Å². The zero-order valence-electron chi connectivity index (χ0n) is 10.2. The number of hydrogen-bond acceptors (Lipinski definition) is 3. The molecule has 2 saturated heterocycles. The molecule has 3 nitrogen and oxygen atoms in total. The van der Waals surface area contributed by atoms with E-state index in [1.54, 1.807) is 0 Å². The summed E-state index contributed by atoms with van der Waals surface area (Å²) in [4.78, 5) is 6.94. The molecular weight excluding hydrogens is 234 g/mol. The van der Waals surface area contributed by atoms with Crippen molar-refractivity contribution < 1.29 is 0 Å². The van der Waals surface area contributed by atoms with Gasteiger partial charge in [-0.25, -0.2) is 0 Å². The monoisotopic (exact) mass is 253 g/mol. The summed E-state index contributed by atoms with van der Waals surface area (Å²) in [7, 11) is 0. The third-order valence-electron chi connectivity index (χ3n) is 3.98. The van der Waals surface area contributed by atoms with Crippen LogP contribution in [0.15, 0.2) is 18.3 Å². The van der Waals surface area contributed by atoms with Crippen molar-refractivity contribution in [3.8, 4) is 0 Å². The second-order valence-electron chi connectivity index (χ2n) is 5.12. The third-order valence-corrected chi connectivity index (χ3v) is 3.98. The van der Waals surface area contributed by atoms with Crippen LogP contribution >= 0.6 is 12.4 Å². The Morgan fingerprint density at radius 2 is 2.06 bits per heavy atom. The molecule has 3 rings (SSSR count). The number of hydrogen-bond donors (Lipinski definition) is 1. The molecule has 0 aliphatic carbocycles. The summed E-state index contributed by atoms with van der Waals surface area (Å²) in [5.41, 5.74) is 2.56. The van der Waals surface area contributed by atoms with Crippen LogP contribution in [0, 0.1) is 18.8 Å². The van der Waals surface area contributed by atoms with Gasteiger partial charge in [0.15, 0.2) is 0 Å². The highest BCUT2D eigenvalue weighted by atomic mass is 35.5. The van der Waals surface area contributed by atoms with Crippen LogP contribution in [0.25, 0.3) is 0 Å². The molecule has 2 aliphatic heterocycles. The molecule has 1 N–H and O–H groups in total. The standard InChI is InChI=1S/C13H19N3.ClH/c1-10-11(3-2-4-15-10)7-16-8-12-5-14-6-13(12)9-16;/h2-4,12-14H,5-9H2,1H3;1H/t12-,13+;. The summed E-state index contributed by atoms with van der Waals surface area (Å²) >= 11 is 0. The van der Waals surface area contributed by atoms with Crippen LogP contribution in [0.4, 0.5) is 0 Å². The Morgan fingerprint density at radius 3 is 2.71 bits per heavy atom. The van der Waals surface area contributed by atoms with Crippen LogP contribution in [0.5, 0.6) is 0 Å². The Labute approximate surface area is 109 Å². The Bertz CT molecular complexity index is 371. The lowest BCUT2D eigenvalue weighted by Crippen LogP contribution is -2.25. The number of rotatable bonds is 2. The molecule has 3 heterocycles. The van der Waals surface area contributed by atoms with Gasteiger partial charge in [-0.2, -0.15) is 0 Å². The van der Waals surface area contributed by atoms with Crippen molar-refractivity contribution in [1.82, 2.24) is 15.2 Å². The summed E-state index contributed by atoms with van der Waals surface area (Å²) in [5, 5.41) is 3.48. The molecule has 1 aromatic heterocycles. The van der Waals surface area contributed by atoms with Crippen molar-refractivity contribution in [1.29, 1.82) is 0 Å². The number of fused-ring (bicyclic) bond motifs is 1. The van der Waals surface area contributed by atoms with E-state index in [-0.39, 0.29) is 12.4 Å². The van der Waals surface area contributed by atoms with Crippen LogP contribution in [-0.2, 0) is 6.54 Å². The van der Waals surface area contributed by atoms with Crippen LogP contribution in [0.3, 0.4) is 0 Å². The van der Waals surface area contributed by atoms with Gasteiger partial charge in [0.2, 0.25) is 0 Å². The van der Waals surface area contributed by atoms with E-state index in [0.717, 1.165) is 18.4 Å². The number of nitrogens with one attached hydrogen (secondary N) is 1. The number of aryl methyl sites for hydroxylation is 1. The van der Waals surface area contributed by atoms with Crippen LogP contribution < -0.4 is 5.32 Å². The minimum absolute atomic E-state index is 0. The zero-order chi connectivity index (χ0) is 11.0. The Morgan fingerprint density at radius 1 is 1.35 bits per heavy atom. The number of pyridine rings is 1. The van der Waals surface area contributed by atoms with Crippen molar-refractivity contribution in [3.63, 3.8) is 0 Å². The Kier molecular flexibility index (Phi) is 4.02. The van der Waals surface area contributed by atoms with Crippen molar-refractivity contribution >= 4 is 12.4 Å². The molecule has 2 fully saturated rings. The third kappa shape index (κ3) is 2.62. The maximum absolute atomic E-state index is 4.35. The highest BCUT2D eigenvalue weighted by molar-refractivity contribution is 5.85. The van der Waals surface area contributed by atoms with E-state index >= 15 is 0 Å². The molecule has 2 atom stereocenters. The first-order chi connectivity index (χ1) is 7.83. The summed E-state index contributed by atoms with van der Waals surface area (Å²) in [6.45, 7) is 8.12. The SMILES string of the molecule is Cc1ncccc1CN1C[C@H]2CNC[C@H]2C1.Cl. The predicted molar refractivity (Wildman–Crippen MR) is 71.3 cm³/mol. The van der Waals surface area contributed by atoms with Gasteiger partial charge < -0.3 is 5.32 Å². The molecule has 0 spiro atoms. The number of likely N-dealkylation sites (tertiary alicyclic amines) is 1.